The van der Waals surface area contributed by atoms with Gasteiger partial charge in [0.25, 0.3) is 5.91 Å². The lowest BCUT2D eigenvalue weighted by Gasteiger charge is -2.43. The molecule has 1 saturated heterocycles. The number of ether oxygens (including phenoxy) is 1. The molecule has 176 valence electrons. The average molecular weight is 450 g/mol. The first-order chi connectivity index (χ1) is 16.1. The summed E-state index contributed by atoms with van der Waals surface area (Å²) in [6.07, 6.45) is 7.12. The Labute approximate surface area is 196 Å². The minimum atomic E-state index is -0.513. The minimum Gasteiger partial charge on any atom is -0.481 e. The lowest BCUT2D eigenvalue weighted by atomic mass is 9.91. The number of carbonyl (C=O) groups is 1. The number of benzene rings is 1. The third kappa shape index (κ3) is 4.83. The highest BCUT2D eigenvalue weighted by Gasteiger charge is 2.29. The Hall–Kier alpha value is -2.67. The summed E-state index contributed by atoms with van der Waals surface area (Å²) in [4.78, 5) is 29.6. The molecule has 1 aliphatic carbocycles. The number of amides is 1. The number of para-hydroxylation sites is 1. The molecular weight excluding hydrogens is 414 g/mol. The van der Waals surface area contributed by atoms with Gasteiger partial charge >= 0.3 is 0 Å². The van der Waals surface area contributed by atoms with Gasteiger partial charge in [-0.2, -0.15) is 0 Å². The smallest absolute Gasteiger partial charge is 0.263 e. The molecule has 0 radical (unpaired) electrons. The Balaban J connectivity index is 1.19. The van der Waals surface area contributed by atoms with Crippen LogP contribution in [0.2, 0.25) is 0 Å². The van der Waals surface area contributed by atoms with Crippen molar-refractivity contribution in [2.75, 3.05) is 44.2 Å². The van der Waals surface area contributed by atoms with Crippen molar-refractivity contribution in [1.29, 1.82) is 0 Å². The van der Waals surface area contributed by atoms with E-state index in [2.05, 4.69) is 9.80 Å². The first-order valence-corrected chi connectivity index (χ1v) is 12.4. The fourth-order valence-corrected chi connectivity index (χ4v) is 5.06. The monoisotopic (exact) mass is 449 g/mol. The van der Waals surface area contributed by atoms with Crippen LogP contribution in [-0.2, 0) is 17.6 Å². The van der Waals surface area contributed by atoms with Gasteiger partial charge in [0.2, 0.25) is 5.95 Å². The molecule has 0 spiro atoms. The van der Waals surface area contributed by atoms with Crippen LogP contribution in [0.1, 0.15) is 43.0 Å². The summed E-state index contributed by atoms with van der Waals surface area (Å²) in [5, 5.41) is 0. The predicted octanol–water partition coefficient (Wildman–Crippen LogP) is 2.85. The highest BCUT2D eigenvalue weighted by atomic mass is 16.5. The molecule has 7 nitrogen and oxygen atoms in total. The predicted molar refractivity (Wildman–Crippen MR) is 129 cm³/mol. The SMILES string of the molecule is Cc1ccccc1OC(C)C(=O)N1CCc2cnc(N3CCN(C4CCC4)CC3)nc2CC1. The molecule has 0 bridgehead atoms. The van der Waals surface area contributed by atoms with E-state index in [0.717, 1.165) is 73.6 Å². The van der Waals surface area contributed by atoms with Crippen LogP contribution in [0.3, 0.4) is 0 Å². The summed E-state index contributed by atoms with van der Waals surface area (Å²) < 4.78 is 5.98. The van der Waals surface area contributed by atoms with Crippen LogP contribution >= 0.6 is 0 Å². The van der Waals surface area contributed by atoms with Gasteiger partial charge in [-0.1, -0.05) is 24.6 Å². The van der Waals surface area contributed by atoms with Crippen molar-refractivity contribution in [3.8, 4) is 5.75 Å². The second-order valence-corrected chi connectivity index (χ2v) is 9.60. The van der Waals surface area contributed by atoms with E-state index >= 15 is 0 Å². The normalized spacial score (nSPS) is 20.5. The van der Waals surface area contributed by atoms with E-state index in [1.54, 1.807) is 0 Å². The summed E-state index contributed by atoms with van der Waals surface area (Å²) in [5.74, 6) is 1.65. The van der Waals surface area contributed by atoms with Gasteiger partial charge in [0.15, 0.2) is 6.10 Å². The third-order valence-electron chi connectivity index (χ3n) is 7.46. The van der Waals surface area contributed by atoms with Crippen molar-refractivity contribution in [1.82, 2.24) is 19.8 Å². The number of carbonyl (C=O) groups excluding carboxylic acids is 1. The molecule has 3 aliphatic rings. The Morgan fingerprint density at radius 2 is 1.82 bits per heavy atom. The second-order valence-electron chi connectivity index (χ2n) is 9.60. The molecule has 1 amide bonds. The average Bonchev–Trinajstić information content (AvgIpc) is 3.01. The summed E-state index contributed by atoms with van der Waals surface area (Å²) in [7, 11) is 0. The maximum absolute atomic E-state index is 13.1. The first kappa shape index (κ1) is 22.1. The fraction of sp³-hybridized carbons (Fsp3) is 0.577. The maximum Gasteiger partial charge on any atom is 0.263 e. The molecule has 5 rings (SSSR count). The fourth-order valence-electron chi connectivity index (χ4n) is 5.06. The quantitative estimate of drug-likeness (QED) is 0.700. The molecule has 1 aromatic heterocycles. The van der Waals surface area contributed by atoms with Gasteiger partial charge < -0.3 is 14.5 Å². The molecule has 2 fully saturated rings. The van der Waals surface area contributed by atoms with Gasteiger partial charge in [0, 0.05) is 57.9 Å². The summed E-state index contributed by atoms with van der Waals surface area (Å²) in [6.45, 7) is 9.38. The van der Waals surface area contributed by atoms with Crippen molar-refractivity contribution in [2.24, 2.45) is 0 Å². The van der Waals surface area contributed by atoms with Crippen LogP contribution in [0.4, 0.5) is 5.95 Å². The standard InChI is InChI=1S/C26H35N5O2/c1-19-6-3-4-9-24(19)33-20(2)25(32)30-12-10-21-18-27-26(28-23(21)11-13-30)31-16-14-29(15-17-31)22-7-5-8-22/h3-4,6,9,18,20,22H,5,7-8,10-17H2,1-2H3. The van der Waals surface area contributed by atoms with Crippen molar-refractivity contribution < 1.29 is 9.53 Å². The van der Waals surface area contributed by atoms with E-state index in [1.807, 2.05) is 49.2 Å². The van der Waals surface area contributed by atoms with E-state index in [1.165, 1.54) is 19.3 Å². The van der Waals surface area contributed by atoms with Gasteiger partial charge in [-0.05, 0) is 50.3 Å². The maximum atomic E-state index is 13.1. The van der Waals surface area contributed by atoms with E-state index in [0.29, 0.717) is 13.1 Å². The number of aromatic nitrogens is 2. The highest BCUT2D eigenvalue weighted by Crippen LogP contribution is 2.26. The van der Waals surface area contributed by atoms with Gasteiger partial charge in [0.1, 0.15) is 5.75 Å². The topological polar surface area (TPSA) is 61.8 Å². The van der Waals surface area contributed by atoms with E-state index < -0.39 is 6.10 Å². The van der Waals surface area contributed by atoms with Gasteiger partial charge in [0.05, 0.1) is 5.69 Å². The number of hydrogen-bond donors (Lipinski definition) is 0. The molecule has 7 heteroatoms. The van der Waals surface area contributed by atoms with E-state index in [9.17, 15) is 4.79 Å². The first-order valence-electron chi connectivity index (χ1n) is 12.4. The van der Waals surface area contributed by atoms with Gasteiger partial charge in [-0.25, -0.2) is 9.97 Å². The summed E-state index contributed by atoms with van der Waals surface area (Å²) in [5.41, 5.74) is 3.29. The molecule has 2 aliphatic heterocycles. The molecule has 1 saturated carbocycles. The van der Waals surface area contributed by atoms with Crippen LogP contribution in [0.5, 0.6) is 5.75 Å². The van der Waals surface area contributed by atoms with Crippen LogP contribution in [0.15, 0.2) is 30.5 Å². The van der Waals surface area contributed by atoms with Crippen LogP contribution in [-0.4, -0.2) is 77.1 Å². The Morgan fingerprint density at radius 3 is 2.55 bits per heavy atom. The number of aryl methyl sites for hydroxylation is 1. The van der Waals surface area contributed by atoms with Crippen molar-refractivity contribution in [2.45, 2.75) is 58.1 Å². The Morgan fingerprint density at radius 1 is 1.06 bits per heavy atom. The van der Waals surface area contributed by atoms with E-state index in [-0.39, 0.29) is 5.91 Å². The minimum absolute atomic E-state index is 0.0337. The summed E-state index contributed by atoms with van der Waals surface area (Å²) >= 11 is 0. The number of fused-ring (bicyclic) bond motifs is 1. The third-order valence-corrected chi connectivity index (χ3v) is 7.46. The second kappa shape index (κ2) is 9.67. The number of hydrogen-bond acceptors (Lipinski definition) is 6. The van der Waals surface area contributed by atoms with Crippen LogP contribution in [0, 0.1) is 6.92 Å². The van der Waals surface area contributed by atoms with E-state index in [4.69, 9.17) is 14.7 Å². The zero-order valence-electron chi connectivity index (χ0n) is 19.9. The van der Waals surface area contributed by atoms with Crippen LogP contribution < -0.4 is 9.64 Å². The summed E-state index contributed by atoms with van der Waals surface area (Å²) in [6, 6.07) is 8.63. The number of rotatable bonds is 5. The lowest BCUT2D eigenvalue weighted by molar-refractivity contribution is -0.137. The molecule has 1 atom stereocenters. The Kier molecular flexibility index (Phi) is 6.49. The van der Waals surface area contributed by atoms with Gasteiger partial charge in [-0.15, -0.1) is 0 Å². The van der Waals surface area contributed by atoms with Crippen molar-refractivity contribution in [3.05, 3.63) is 47.3 Å². The largest absolute Gasteiger partial charge is 0.481 e. The van der Waals surface area contributed by atoms with Crippen molar-refractivity contribution >= 4 is 11.9 Å². The molecule has 3 heterocycles. The van der Waals surface area contributed by atoms with Gasteiger partial charge in [-0.3, -0.25) is 9.69 Å². The number of piperazine rings is 1. The number of nitrogens with zero attached hydrogens (tertiary/aromatic N) is 5. The molecular formula is C26H35N5O2. The zero-order chi connectivity index (χ0) is 22.8. The molecule has 1 unspecified atom stereocenters. The van der Waals surface area contributed by atoms with Crippen molar-refractivity contribution in [3.63, 3.8) is 0 Å². The Bertz CT molecular complexity index is 984. The molecule has 2 aromatic rings. The number of anilines is 1. The molecule has 33 heavy (non-hydrogen) atoms. The zero-order valence-corrected chi connectivity index (χ0v) is 19.9. The lowest BCUT2D eigenvalue weighted by Crippen LogP contribution is -2.52. The molecule has 0 N–H and O–H groups in total. The molecule has 1 aromatic carbocycles. The van der Waals surface area contributed by atoms with Crippen LogP contribution in [0.25, 0.3) is 0 Å². The highest BCUT2D eigenvalue weighted by molar-refractivity contribution is 5.81.